The number of primary amides is 2. The molecule has 4 aromatic rings. The SMILES string of the molecule is Cc1cc(C(N)=O)cc(C(N)=O)c1NC(=O)c1cc(Cn2nnc(C(F)(F)F)n2)nn1-c1ncccc1Cl. The van der Waals surface area contributed by atoms with Gasteiger partial charge in [0.2, 0.25) is 5.91 Å². The van der Waals surface area contributed by atoms with E-state index in [1.54, 1.807) is 0 Å². The van der Waals surface area contributed by atoms with Crippen molar-refractivity contribution < 1.29 is 27.6 Å². The third-order valence-corrected chi connectivity index (χ3v) is 5.36. The molecule has 17 heteroatoms. The third-order valence-electron chi connectivity index (χ3n) is 5.07. The van der Waals surface area contributed by atoms with E-state index in [0.29, 0.717) is 10.4 Å². The average molecular weight is 549 g/mol. The van der Waals surface area contributed by atoms with Gasteiger partial charge in [0.1, 0.15) is 12.2 Å². The Bertz CT molecular complexity index is 1580. The fraction of sp³-hybridized carbons (Fsp3) is 0.143. The van der Waals surface area contributed by atoms with Crippen molar-refractivity contribution in [1.82, 2.24) is 35.0 Å². The number of nitrogens with zero attached hydrogens (tertiary/aromatic N) is 7. The number of tetrazole rings is 1. The van der Waals surface area contributed by atoms with Gasteiger partial charge in [-0.05, 0) is 48.0 Å². The molecule has 3 amide bonds. The van der Waals surface area contributed by atoms with Crippen LogP contribution in [-0.2, 0) is 12.7 Å². The number of halogens is 4. The number of anilines is 1. The molecule has 0 aliphatic rings. The van der Waals surface area contributed by atoms with Crippen molar-refractivity contribution >= 4 is 35.0 Å². The molecule has 38 heavy (non-hydrogen) atoms. The van der Waals surface area contributed by atoms with Gasteiger partial charge in [-0.15, -0.1) is 10.2 Å². The highest BCUT2D eigenvalue weighted by Crippen LogP contribution is 2.26. The van der Waals surface area contributed by atoms with Gasteiger partial charge in [0.05, 0.1) is 22.0 Å². The van der Waals surface area contributed by atoms with Gasteiger partial charge in [0.25, 0.3) is 17.6 Å². The number of nitrogens with two attached hydrogens (primary N) is 2. The lowest BCUT2D eigenvalue weighted by Crippen LogP contribution is -2.23. The number of carbonyl (C=O) groups is 3. The Balaban J connectivity index is 1.76. The molecule has 0 fully saturated rings. The Hall–Kier alpha value is -4.86. The number of aromatic nitrogens is 7. The maximum atomic E-state index is 13.4. The fourth-order valence-corrected chi connectivity index (χ4v) is 3.60. The van der Waals surface area contributed by atoms with E-state index in [0.717, 1.165) is 10.7 Å². The summed E-state index contributed by atoms with van der Waals surface area (Å²) >= 11 is 6.23. The van der Waals surface area contributed by atoms with Crippen LogP contribution in [0.3, 0.4) is 0 Å². The molecule has 196 valence electrons. The van der Waals surface area contributed by atoms with E-state index in [4.69, 9.17) is 23.1 Å². The van der Waals surface area contributed by atoms with Crippen molar-refractivity contribution in [3.8, 4) is 5.82 Å². The number of rotatable bonds is 7. The van der Waals surface area contributed by atoms with Crippen LogP contribution in [-0.4, -0.2) is 52.7 Å². The van der Waals surface area contributed by atoms with Crippen LogP contribution >= 0.6 is 11.6 Å². The first kappa shape index (κ1) is 26.2. The molecule has 1 aromatic carbocycles. The largest absolute Gasteiger partial charge is 0.455 e. The minimum absolute atomic E-state index is 0.000419. The minimum atomic E-state index is -4.80. The standard InChI is InChI=1S/C21H16ClF3N10O3/c1-9-5-10(16(26)36)6-12(17(27)37)15(9)29-19(38)14-7-11(8-34-32-20(30-33-34)21(23,24)25)31-35(14)18-13(22)3-2-4-28-18/h2-7H,8H2,1H3,(H2,26,36)(H2,27,37)(H,29,38). The Kier molecular flexibility index (Phi) is 6.82. The zero-order chi connectivity index (χ0) is 27.8. The predicted molar refractivity (Wildman–Crippen MR) is 124 cm³/mol. The summed E-state index contributed by atoms with van der Waals surface area (Å²) in [5.41, 5.74) is 10.8. The molecule has 0 saturated heterocycles. The van der Waals surface area contributed by atoms with Crippen LogP contribution in [0, 0.1) is 6.92 Å². The monoisotopic (exact) mass is 548 g/mol. The van der Waals surface area contributed by atoms with Crippen LogP contribution in [0.1, 0.15) is 48.3 Å². The Morgan fingerprint density at radius 3 is 2.45 bits per heavy atom. The van der Waals surface area contributed by atoms with Gasteiger partial charge in [-0.3, -0.25) is 14.4 Å². The van der Waals surface area contributed by atoms with Crippen LogP contribution in [0.4, 0.5) is 18.9 Å². The van der Waals surface area contributed by atoms with E-state index in [1.807, 2.05) is 0 Å². The first-order valence-corrected chi connectivity index (χ1v) is 10.8. The fourth-order valence-electron chi connectivity index (χ4n) is 3.40. The molecule has 0 aliphatic heterocycles. The smallest absolute Gasteiger partial charge is 0.366 e. The molecule has 13 nitrogen and oxygen atoms in total. The van der Waals surface area contributed by atoms with Gasteiger partial charge in [0, 0.05) is 11.8 Å². The maximum Gasteiger partial charge on any atom is 0.455 e. The highest BCUT2D eigenvalue weighted by Gasteiger charge is 2.37. The molecule has 0 spiro atoms. The predicted octanol–water partition coefficient (Wildman–Crippen LogP) is 1.73. The zero-order valence-electron chi connectivity index (χ0n) is 19.2. The summed E-state index contributed by atoms with van der Waals surface area (Å²) in [6.45, 7) is 1.13. The van der Waals surface area contributed by atoms with Gasteiger partial charge < -0.3 is 16.8 Å². The summed E-state index contributed by atoms with van der Waals surface area (Å²) in [6.07, 6.45) is -3.42. The lowest BCUT2D eigenvalue weighted by molar-refractivity contribution is -0.145. The van der Waals surface area contributed by atoms with Crippen LogP contribution in [0.25, 0.3) is 5.82 Å². The van der Waals surface area contributed by atoms with Crippen molar-refractivity contribution in [3.05, 3.63) is 75.5 Å². The summed E-state index contributed by atoms with van der Waals surface area (Å²) in [4.78, 5) is 41.8. The topological polar surface area (TPSA) is 190 Å². The zero-order valence-corrected chi connectivity index (χ0v) is 19.9. The number of benzene rings is 1. The second-order valence-electron chi connectivity index (χ2n) is 7.78. The second-order valence-corrected chi connectivity index (χ2v) is 8.19. The number of amides is 3. The molecule has 0 radical (unpaired) electrons. The molecule has 0 bridgehead atoms. The van der Waals surface area contributed by atoms with E-state index >= 15 is 0 Å². The van der Waals surface area contributed by atoms with E-state index < -0.39 is 29.7 Å². The summed E-state index contributed by atoms with van der Waals surface area (Å²) in [5, 5.41) is 16.5. The molecule has 0 aliphatic carbocycles. The Morgan fingerprint density at radius 2 is 1.84 bits per heavy atom. The van der Waals surface area contributed by atoms with Gasteiger partial charge >= 0.3 is 6.18 Å². The van der Waals surface area contributed by atoms with Crippen LogP contribution < -0.4 is 16.8 Å². The van der Waals surface area contributed by atoms with E-state index in [9.17, 15) is 27.6 Å². The number of alkyl halides is 3. The molecule has 0 unspecified atom stereocenters. The van der Waals surface area contributed by atoms with E-state index in [-0.39, 0.29) is 45.6 Å². The Labute approximate surface area is 215 Å². The molecular formula is C21H16ClF3N10O3. The minimum Gasteiger partial charge on any atom is -0.366 e. The Morgan fingerprint density at radius 1 is 1.11 bits per heavy atom. The molecular weight excluding hydrogens is 533 g/mol. The van der Waals surface area contributed by atoms with Gasteiger partial charge in [0.15, 0.2) is 5.82 Å². The number of nitrogens with one attached hydrogen (secondary N) is 1. The average Bonchev–Trinajstić information content (AvgIpc) is 3.48. The molecule has 3 aromatic heterocycles. The first-order valence-electron chi connectivity index (χ1n) is 10.5. The first-order chi connectivity index (χ1) is 17.8. The van der Waals surface area contributed by atoms with E-state index in [1.165, 1.54) is 37.4 Å². The van der Waals surface area contributed by atoms with Crippen molar-refractivity contribution in [1.29, 1.82) is 0 Å². The lowest BCUT2D eigenvalue weighted by Gasteiger charge is -2.14. The molecule has 3 heterocycles. The maximum absolute atomic E-state index is 13.4. The van der Waals surface area contributed by atoms with Crippen molar-refractivity contribution in [2.75, 3.05) is 5.32 Å². The number of hydrogen-bond donors (Lipinski definition) is 3. The highest BCUT2D eigenvalue weighted by molar-refractivity contribution is 6.32. The van der Waals surface area contributed by atoms with Gasteiger partial charge in [-0.25, -0.2) is 9.67 Å². The van der Waals surface area contributed by atoms with Gasteiger partial charge in [-0.2, -0.15) is 23.1 Å². The molecule has 4 rings (SSSR count). The highest BCUT2D eigenvalue weighted by atomic mass is 35.5. The van der Waals surface area contributed by atoms with Crippen molar-refractivity contribution in [2.24, 2.45) is 11.5 Å². The summed E-state index contributed by atoms with van der Waals surface area (Å²) < 4.78 is 39.6. The lowest BCUT2D eigenvalue weighted by atomic mass is 10.0. The normalized spacial score (nSPS) is 11.4. The van der Waals surface area contributed by atoms with Crippen molar-refractivity contribution in [2.45, 2.75) is 19.6 Å². The van der Waals surface area contributed by atoms with Crippen molar-refractivity contribution in [3.63, 3.8) is 0 Å². The third kappa shape index (κ3) is 5.29. The van der Waals surface area contributed by atoms with Crippen LogP contribution in [0.5, 0.6) is 0 Å². The van der Waals surface area contributed by atoms with Gasteiger partial charge in [-0.1, -0.05) is 11.6 Å². The molecule has 0 atom stereocenters. The molecule has 0 saturated carbocycles. The quantitative estimate of drug-likeness (QED) is 0.311. The van der Waals surface area contributed by atoms with Crippen LogP contribution in [0.2, 0.25) is 5.02 Å². The number of pyridine rings is 1. The summed E-state index contributed by atoms with van der Waals surface area (Å²) in [7, 11) is 0. The molecule has 5 N–H and O–H groups in total. The summed E-state index contributed by atoms with van der Waals surface area (Å²) in [6, 6.07) is 6.77. The summed E-state index contributed by atoms with van der Waals surface area (Å²) in [5.74, 6) is -3.98. The number of aryl methyl sites for hydroxylation is 1. The number of carbonyl (C=O) groups excluding carboxylic acids is 3. The second kappa shape index (κ2) is 9.89. The number of hydrogen-bond acceptors (Lipinski definition) is 8. The van der Waals surface area contributed by atoms with E-state index in [2.05, 4.69) is 30.8 Å². The van der Waals surface area contributed by atoms with Crippen LogP contribution in [0.15, 0.2) is 36.5 Å².